The number of aromatic nitrogens is 2. The van der Waals surface area contributed by atoms with E-state index in [1.807, 2.05) is 13.8 Å². The lowest BCUT2D eigenvalue weighted by atomic mass is 10.1. The highest BCUT2D eigenvalue weighted by atomic mass is 19.1. The minimum Gasteiger partial charge on any atom is -0.497 e. The van der Waals surface area contributed by atoms with Gasteiger partial charge in [0.05, 0.1) is 18.9 Å². The summed E-state index contributed by atoms with van der Waals surface area (Å²) in [5.41, 5.74) is 14.7. The molecule has 0 radical (unpaired) electrons. The summed E-state index contributed by atoms with van der Waals surface area (Å²) >= 11 is 0. The molecular weight excluding hydrogens is 430 g/mol. The molecule has 33 heavy (non-hydrogen) atoms. The summed E-state index contributed by atoms with van der Waals surface area (Å²) in [7, 11) is 1.44. The number of carbonyl (C=O) groups is 1. The Morgan fingerprint density at radius 2 is 1.94 bits per heavy atom. The molecule has 174 valence electrons. The molecule has 0 unspecified atom stereocenters. The van der Waals surface area contributed by atoms with Crippen LogP contribution in [0, 0.1) is 11.6 Å². The largest absolute Gasteiger partial charge is 0.497 e. The maximum atomic E-state index is 15.8. The molecule has 0 bridgehead atoms. The molecule has 0 aliphatic heterocycles. The minimum absolute atomic E-state index is 0.00239. The van der Waals surface area contributed by atoms with E-state index in [2.05, 4.69) is 15.4 Å². The van der Waals surface area contributed by atoms with Gasteiger partial charge in [-0.1, -0.05) is 6.92 Å². The molecule has 3 rings (SSSR count). The Hall–Kier alpha value is -3.63. The van der Waals surface area contributed by atoms with Crippen LogP contribution >= 0.6 is 0 Å². The van der Waals surface area contributed by atoms with Crippen LogP contribution in [-0.2, 0) is 0 Å². The fourth-order valence-electron chi connectivity index (χ4n) is 3.28. The lowest BCUT2D eigenvalue weighted by Gasteiger charge is -2.31. The molecule has 3 aromatic rings. The van der Waals surface area contributed by atoms with Crippen molar-refractivity contribution in [2.75, 3.05) is 12.1 Å². The van der Waals surface area contributed by atoms with E-state index in [9.17, 15) is 9.18 Å². The number of halogens is 2. The average molecular weight is 456 g/mol. The van der Waals surface area contributed by atoms with Gasteiger partial charge in [-0.25, -0.2) is 19.2 Å². The van der Waals surface area contributed by atoms with Crippen molar-refractivity contribution in [3.8, 4) is 16.9 Å². The first-order valence-electron chi connectivity index (χ1n) is 10.3. The molecule has 10 heteroatoms. The average Bonchev–Trinajstić information content (AvgIpc) is 2.81. The standard InChI is InChI=1S/C23H26F2N6O2/c1-4-19(13(2)26)30-31(21-8-5-14(10-29-21)23(27)32)20-12-28-11-17(22(20)25)16-9-15(33-3)6-7-18(16)24/h5-13,19,30H,4,26H2,1-3H3,(H2,27,32)/t13-,19+/m0/s1. The molecule has 2 atom stereocenters. The van der Waals surface area contributed by atoms with Crippen LogP contribution in [0.3, 0.4) is 0 Å². The number of nitrogens with two attached hydrogens (primary N) is 2. The fraction of sp³-hybridized carbons (Fsp3) is 0.261. The van der Waals surface area contributed by atoms with E-state index < -0.39 is 17.5 Å². The number of nitrogens with zero attached hydrogens (tertiary/aromatic N) is 3. The molecule has 0 saturated heterocycles. The number of anilines is 2. The zero-order valence-electron chi connectivity index (χ0n) is 18.5. The number of pyridine rings is 2. The third-order valence-corrected chi connectivity index (χ3v) is 5.20. The molecule has 0 spiro atoms. The number of hydrogen-bond donors (Lipinski definition) is 3. The summed E-state index contributed by atoms with van der Waals surface area (Å²) in [6.07, 6.45) is 4.45. The van der Waals surface area contributed by atoms with E-state index in [-0.39, 0.29) is 40.3 Å². The summed E-state index contributed by atoms with van der Waals surface area (Å²) in [5.74, 6) is -1.36. The van der Waals surface area contributed by atoms with Crippen molar-refractivity contribution in [1.82, 2.24) is 15.4 Å². The fourth-order valence-corrected chi connectivity index (χ4v) is 3.28. The van der Waals surface area contributed by atoms with E-state index in [1.165, 1.54) is 61.0 Å². The van der Waals surface area contributed by atoms with E-state index in [1.54, 1.807) is 0 Å². The molecule has 0 fully saturated rings. The Balaban J connectivity index is 2.14. The van der Waals surface area contributed by atoms with Gasteiger partial charge < -0.3 is 16.2 Å². The first-order chi connectivity index (χ1) is 15.8. The Labute approximate surface area is 190 Å². The molecule has 5 N–H and O–H groups in total. The highest BCUT2D eigenvalue weighted by Gasteiger charge is 2.24. The topological polar surface area (TPSA) is 119 Å². The number of methoxy groups -OCH3 is 1. The summed E-state index contributed by atoms with van der Waals surface area (Å²) < 4.78 is 35.5. The molecule has 1 amide bonds. The van der Waals surface area contributed by atoms with Crippen LogP contribution in [0.15, 0.2) is 48.9 Å². The summed E-state index contributed by atoms with van der Waals surface area (Å²) in [6.45, 7) is 3.75. The lowest BCUT2D eigenvalue weighted by Crippen LogP contribution is -2.50. The normalized spacial score (nSPS) is 12.8. The van der Waals surface area contributed by atoms with Gasteiger partial charge >= 0.3 is 0 Å². The summed E-state index contributed by atoms with van der Waals surface area (Å²) in [6, 6.07) is 6.50. The van der Waals surface area contributed by atoms with E-state index >= 15 is 4.39 Å². The number of nitrogens with one attached hydrogen (secondary N) is 1. The third-order valence-electron chi connectivity index (χ3n) is 5.20. The van der Waals surface area contributed by atoms with Gasteiger partial charge in [-0.3, -0.25) is 14.8 Å². The monoisotopic (exact) mass is 456 g/mol. The SMILES string of the molecule is CC[C@@H](NN(c1ccc(C(N)=O)cn1)c1cncc(-c2cc(OC)ccc2F)c1F)[C@H](C)N. The number of hydrazine groups is 1. The molecule has 1 aromatic carbocycles. The summed E-state index contributed by atoms with van der Waals surface area (Å²) in [4.78, 5) is 19.8. The van der Waals surface area contributed by atoms with Crippen molar-refractivity contribution >= 4 is 17.4 Å². The second-order valence-corrected chi connectivity index (χ2v) is 7.47. The van der Waals surface area contributed by atoms with Crippen LogP contribution in [0.5, 0.6) is 5.75 Å². The molecule has 0 aliphatic rings. The van der Waals surface area contributed by atoms with Gasteiger partial charge in [-0.2, -0.15) is 0 Å². The van der Waals surface area contributed by atoms with Gasteiger partial charge in [-0.15, -0.1) is 0 Å². The highest BCUT2D eigenvalue weighted by molar-refractivity contribution is 5.92. The predicted molar refractivity (Wildman–Crippen MR) is 122 cm³/mol. The first-order valence-corrected chi connectivity index (χ1v) is 10.3. The van der Waals surface area contributed by atoms with Gasteiger partial charge in [0.15, 0.2) is 5.82 Å². The second-order valence-electron chi connectivity index (χ2n) is 7.47. The zero-order chi connectivity index (χ0) is 24.1. The van der Waals surface area contributed by atoms with Crippen LogP contribution < -0.4 is 26.6 Å². The van der Waals surface area contributed by atoms with Gasteiger partial charge in [0.25, 0.3) is 0 Å². The predicted octanol–water partition coefficient (Wildman–Crippen LogP) is 3.30. The molecule has 2 heterocycles. The number of benzene rings is 1. The maximum absolute atomic E-state index is 15.8. The minimum atomic E-state index is -0.732. The number of primary amides is 1. The van der Waals surface area contributed by atoms with E-state index in [4.69, 9.17) is 16.2 Å². The number of carbonyl (C=O) groups excluding carboxylic acids is 1. The van der Waals surface area contributed by atoms with Crippen molar-refractivity contribution in [3.05, 3.63) is 66.1 Å². The number of ether oxygens (including phenoxy) is 1. The number of rotatable bonds is 9. The molecule has 0 saturated carbocycles. The summed E-state index contributed by atoms with van der Waals surface area (Å²) in [5, 5.41) is 1.38. The highest BCUT2D eigenvalue weighted by Crippen LogP contribution is 2.34. The molecule has 2 aromatic heterocycles. The molecular formula is C23H26F2N6O2. The Morgan fingerprint density at radius 3 is 2.52 bits per heavy atom. The maximum Gasteiger partial charge on any atom is 0.250 e. The van der Waals surface area contributed by atoms with Crippen LogP contribution in [0.4, 0.5) is 20.3 Å². The van der Waals surface area contributed by atoms with Crippen molar-refractivity contribution < 1.29 is 18.3 Å². The van der Waals surface area contributed by atoms with Crippen molar-refractivity contribution in [2.45, 2.75) is 32.4 Å². The Bertz CT molecular complexity index is 1120. The van der Waals surface area contributed by atoms with Crippen molar-refractivity contribution in [3.63, 3.8) is 0 Å². The Morgan fingerprint density at radius 1 is 1.18 bits per heavy atom. The molecule has 0 aliphatic carbocycles. The van der Waals surface area contributed by atoms with Crippen LogP contribution in [0.2, 0.25) is 0 Å². The van der Waals surface area contributed by atoms with Crippen molar-refractivity contribution in [1.29, 1.82) is 0 Å². The molecule has 8 nitrogen and oxygen atoms in total. The quantitative estimate of drug-likeness (QED) is 0.423. The van der Waals surface area contributed by atoms with Gasteiger partial charge in [0.2, 0.25) is 5.91 Å². The van der Waals surface area contributed by atoms with Crippen LogP contribution in [0.25, 0.3) is 11.1 Å². The second kappa shape index (κ2) is 10.3. The van der Waals surface area contributed by atoms with Crippen molar-refractivity contribution in [2.24, 2.45) is 11.5 Å². The Kier molecular flexibility index (Phi) is 7.52. The van der Waals surface area contributed by atoms with Gasteiger partial charge in [-0.05, 0) is 43.7 Å². The van der Waals surface area contributed by atoms with Gasteiger partial charge in [0, 0.05) is 35.6 Å². The van der Waals surface area contributed by atoms with Crippen LogP contribution in [-0.4, -0.2) is 35.1 Å². The smallest absolute Gasteiger partial charge is 0.250 e. The first kappa shape index (κ1) is 24.0. The van der Waals surface area contributed by atoms with E-state index in [0.717, 1.165) is 0 Å². The van der Waals surface area contributed by atoms with Crippen LogP contribution in [0.1, 0.15) is 30.6 Å². The number of hydrogen-bond acceptors (Lipinski definition) is 7. The van der Waals surface area contributed by atoms with E-state index in [0.29, 0.717) is 12.2 Å². The number of amides is 1. The van der Waals surface area contributed by atoms with Gasteiger partial charge in [0.1, 0.15) is 23.1 Å². The third kappa shape index (κ3) is 5.24. The lowest BCUT2D eigenvalue weighted by molar-refractivity contribution is 0.1000. The zero-order valence-corrected chi connectivity index (χ0v) is 18.5.